The molecule has 1 nitrogen and oxygen atoms in total. The Labute approximate surface area is 103 Å². The molecule has 2 rings (SSSR count). The molecule has 0 saturated heterocycles. The van der Waals surface area contributed by atoms with Crippen LogP contribution in [0.25, 0.3) is 0 Å². The van der Waals surface area contributed by atoms with Crippen molar-refractivity contribution in [1.29, 1.82) is 0 Å². The van der Waals surface area contributed by atoms with Gasteiger partial charge in [0, 0.05) is 0 Å². The minimum Gasteiger partial charge on any atom is -0.393 e. The minimum atomic E-state index is -0.0403. The molecule has 1 aliphatic carbocycles. The summed E-state index contributed by atoms with van der Waals surface area (Å²) in [5.41, 5.74) is 1.44. The summed E-state index contributed by atoms with van der Waals surface area (Å²) in [6, 6.07) is 2.21. The summed E-state index contributed by atoms with van der Waals surface area (Å²) in [5.74, 6) is 1.40. The van der Waals surface area contributed by atoms with Gasteiger partial charge < -0.3 is 5.11 Å². The highest BCUT2D eigenvalue weighted by Crippen LogP contribution is 2.33. The van der Waals surface area contributed by atoms with Crippen molar-refractivity contribution in [3.05, 3.63) is 22.4 Å². The lowest BCUT2D eigenvalue weighted by molar-refractivity contribution is 0.0432. The molecule has 16 heavy (non-hydrogen) atoms. The normalized spacial score (nSPS) is 30.5. The van der Waals surface area contributed by atoms with E-state index >= 15 is 0 Å². The minimum absolute atomic E-state index is 0.0403. The average molecular weight is 238 g/mol. The number of hydrogen-bond donors (Lipinski definition) is 1. The fourth-order valence-electron chi connectivity index (χ4n) is 2.81. The fraction of sp³-hybridized carbons (Fsp3) is 0.714. The molecule has 1 heterocycles. The Morgan fingerprint density at radius 1 is 1.44 bits per heavy atom. The highest BCUT2D eigenvalue weighted by Gasteiger charge is 2.27. The lowest BCUT2D eigenvalue weighted by Crippen LogP contribution is -2.29. The first-order valence-electron chi connectivity index (χ1n) is 6.48. The molecule has 1 N–H and O–H groups in total. The second kappa shape index (κ2) is 5.83. The van der Waals surface area contributed by atoms with E-state index in [9.17, 15) is 5.11 Å². The number of thiophene rings is 1. The molecule has 0 bridgehead atoms. The summed E-state index contributed by atoms with van der Waals surface area (Å²) in [5, 5.41) is 14.4. The lowest BCUT2D eigenvalue weighted by atomic mass is 9.76. The van der Waals surface area contributed by atoms with Crippen molar-refractivity contribution in [3.63, 3.8) is 0 Å². The Kier molecular flexibility index (Phi) is 4.42. The SMILES string of the molecule is CCC1CCC(O)C(CCc2ccsc2)C1. The molecule has 0 aromatic carbocycles. The number of aliphatic hydroxyl groups excluding tert-OH is 1. The smallest absolute Gasteiger partial charge is 0.0568 e. The van der Waals surface area contributed by atoms with Gasteiger partial charge in [-0.3, -0.25) is 0 Å². The standard InChI is InChI=1S/C14H22OS/c1-2-11-4-6-14(15)13(9-11)5-3-12-7-8-16-10-12/h7-8,10-11,13-15H,2-6,9H2,1H3. The van der Waals surface area contributed by atoms with E-state index in [2.05, 4.69) is 23.8 Å². The van der Waals surface area contributed by atoms with E-state index in [0.717, 1.165) is 25.2 Å². The summed E-state index contributed by atoms with van der Waals surface area (Å²) < 4.78 is 0. The van der Waals surface area contributed by atoms with Crippen LogP contribution in [0.1, 0.15) is 44.6 Å². The van der Waals surface area contributed by atoms with Gasteiger partial charge >= 0.3 is 0 Å². The van der Waals surface area contributed by atoms with E-state index in [1.54, 1.807) is 11.3 Å². The van der Waals surface area contributed by atoms with Crippen LogP contribution in [0.4, 0.5) is 0 Å². The van der Waals surface area contributed by atoms with E-state index in [1.807, 2.05) is 0 Å². The van der Waals surface area contributed by atoms with Gasteiger partial charge in [-0.1, -0.05) is 13.3 Å². The number of hydrogen-bond acceptors (Lipinski definition) is 2. The monoisotopic (exact) mass is 238 g/mol. The van der Waals surface area contributed by atoms with Crippen LogP contribution in [0, 0.1) is 11.8 Å². The van der Waals surface area contributed by atoms with Gasteiger partial charge in [0.25, 0.3) is 0 Å². The zero-order chi connectivity index (χ0) is 11.4. The second-order valence-electron chi connectivity index (χ2n) is 5.09. The van der Waals surface area contributed by atoms with Crippen molar-refractivity contribution in [3.8, 4) is 0 Å². The molecule has 1 aromatic heterocycles. The molecule has 1 aromatic rings. The highest BCUT2D eigenvalue weighted by molar-refractivity contribution is 7.07. The van der Waals surface area contributed by atoms with Crippen molar-refractivity contribution in [1.82, 2.24) is 0 Å². The number of aryl methyl sites for hydroxylation is 1. The Balaban J connectivity index is 1.82. The summed E-state index contributed by atoms with van der Waals surface area (Å²) in [7, 11) is 0. The molecule has 90 valence electrons. The van der Waals surface area contributed by atoms with Crippen molar-refractivity contribution in [2.24, 2.45) is 11.8 Å². The molecule has 3 unspecified atom stereocenters. The molecular weight excluding hydrogens is 216 g/mol. The van der Waals surface area contributed by atoms with E-state index in [4.69, 9.17) is 0 Å². The van der Waals surface area contributed by atoms with Gasteiger partial charge in [-0.25, -0.2) is 0 Å². The number of aliphatic hydroxyl groups is 1. The van der Waals surface area contributed by atoms with Crippen molar-refractivity contribution in [2.45, 2.75) is 51.6 Å². The van der Waals surface area contributed by atoms with E-state index in [-0.39, 0.29) is 6.10 Å². The van der Waals surface area contributed by atoms with Crippen LogP contribution >= 0.6 is 11.3 Å². The Morgan fingerprint density at radius 2 is 2.31 bits per heavy atom. The van der Waals surface area contributed by atoms with E-state index < -0.39 is 0 Å². The van der Waals surface area contributed by atoms with Gasteiger partial charge in [0.1, 0.15) is 0 Å². The molecule has 0 aliphatic heterocycles. The second-order valence-corrected chi connectivity index (χ2v) is 5.87. The third-order valence-corrected chi connectivity index (χ3v) is 4.74. The van der Waals surface area contributed by atoms with Crippen molar-refractivity contribution < 1.29 is 5.11 Å². The van der Waals surface area contributed by atoms with Gasteiger partial charge in [-0.15, -0.1) is 0 Å². The van der Waals surface area contributed by atoms with Crippen molar-refractivity contribution in [2.75, 3.05) is 0 Å². The molecule has 3 atom stereocenters. The van der Waals surface area contributed by atoms with Crippen LogP contribution in [0.2, 0.25) is 0 Å². The topological polar surface area (TPSA) is 20.2 Å². The quantitative estimate of drug-likeness (QED) is 0.844. The first-order chi connectivity index (χ1) is 7.79. The molecule has 0 spiro atoms. The van der Waals surface area contributed by atoms with E-state index in [0.29, 0.717) is 5.92 Å². The first-order valence-corrected chi connectivity index (χ1v) is 7.43. The molecule has 1 saturated carbocycles. The van der Waals surface area contributed by atoms with Crippen LogP contribution in [-0.4, -0.2) is 11.2 Å². The zero-order valence-corrected chi connectivity index (χ0v) is 10.9. The third kappa shape index (κ3) is 3.08. The van der Waals surface area contributed by atoms with Gasteiger partial charge in [-0.05, 0) is 66.3 Å². The summed E-state index contributed by atoms with van der Waals surface area (Å²) in [4.78, 5) is 0. The summed E-state index contributed by atoms with van der Waals surface area (Å²) >= 11 is 1.77. The molecule has 0 radical (unpaired) electrons. The summed E-state index contributed by atoms with van der Waals surface area (Å²) in [6.07, 6.45) is 7.03. The van der Waals surface area contributed by atoms with Gasteiger partial charge in [-0.2, -0.15) is 11.3 Å². The Hall–Kier alpha value is -0.340. The molecular formula is C14H22OS. The van der Waals surface area contributed by atoms with Crippen LogP contribution in [0.3, 0.4) is 0 Å². The maximum Gasteiger partial charge on any atom is 0.0568 e. The zero-order valence-electron chi connectivity index (χ0n) is 10.1. The molecule has 2 heteroatoms. The predicted octanol–water partition coefficient (Wildman–Crippen LogP) is 3.87. The molecule has 0 amide bonds. The maximum absolute atomic E-state index is 10.0. The van der Waals surface area contributed by atoms with Crippen LogP contribution in [0.15, 0.2) is 16.8 Å². The average Bonchev–Trinajstić information content (AvgIpc) is 2.81. The summed E-state index contributed by atoms with van der Waals surface area (Å²) in [6.45, 7) is 2.28. The highest BCUT2D eigenvalue weighted by atomic mass is 32.1. The molecule has 1 fully saturated rings. The van der Waals surface area contributed by atoms with Gasteiger partial charge in [0.15, 0.2) is 0 Å². The van der Waals surface area contributed by atoms with Crippen molar-refractivity contribution >= 4 is 11.3 Å². The predicted molar refractivity (Wildman–Crippen MR) is 69.8 cm³/mol. The Bertz CT molecular complexity index is 294. The first kappa shape index (κ1) is 12.1. The third-order valence-electron chi connectivity index (χ3n) is 4.01. The fourth-order valence-corrected chi connectivity index (χ4v) is 3.52. The Morgan fingerprint density at radius 3 is 3.00 bits per heavy atom. The van der Waals surface area contributed by atoms with E-state index in [1.165, 1.54) is 24.8 Å². The van der Waals surface area contributed by atoms with Crippen LogP contribution < -0.4 is 0 Å². The lowest BCUT2D eigenvalue weighted by Gasteiger charge is -2.33. The van der Waals surface area contributed by atoms with Gasteiger partial charge in [0.05, 0.1) is 6.10 Å². The van der Waals surface area contributed by atoms with Gasteiger partial charge in [0.2, 0.25) is 0 Å². The largest absolute Gasteiger partial charge is 0.393 e. The van der Waals surface area contributed by atoms with Crippen LogP contribution in [0.5, 0.6) is 0 Å². The maximum atomic E-state index is 10.0. The number of rotatable bonds is 4. The molecule has 1 aliphatic rings. The van der Waals surface area contributed by atoms with Crippen LogP contribution in [-0.2, 0) is 6.42 Å².